The highest BCUT2D eigenvalue weighted by atomic mass is 12.7. The van der Waals surface area contributed by atoms with E-state index in [0.29, 0.717) is 0 Å². The van der Waals surface area contributed by atoms with Gasteiger partial charge in [0.25, 0.3) is 0 Å². The summed E-state index contributed by atoms with van der Waals surface area (Å²) in [4.78, 5) is 0. The minimum absolute atomic E-state index is 0.463. The number of hydrogen-bond donors (Lipinski definition) is 0. The highest BCUT2D eigenvalue weighted by Crippen LogP contribution is 1.47. The molecule has 17 valence electrons. The molecule has 0 aromatic rings. The summed E-state index contributed by atoms with van der Waals surface area (Å²) >= 11 is 0. The Morgan fingerprint density at radius 2 is 2.00 bits per heavy atom. The molecule has 0 aromatic heterocycles. The van der Waals surface area contributed by atoms with Crippen molar-refractivity contribution in [3.63, 3.8) is 0 Å². The molecule has 0 nitrogen and oxygen atoms in total. The van der Waals surface area contributed by atoms with Gasteiger partial charge < -0.3 is 22.5 Å². The maximum Gasteiger partial charge on any atom is -0.0461 e. The third-order valence-electron chi connectivity index (χ3n) is 0.222. The zero-order valence-corrected chi connectivity index (χ0v) is 2.89. The second-order valence-corrected chi connectivity index (χ2v) is 0.770. The van der Waals surface area contributed by atoms with E-state index in [-0.39, 0.29) is 0 Å². The second kappa shape index (κ2) is 2.56. The van der Waals surface area contributed by atoms with E-state index in [1.54, 1.807) is 0 Å². The summed E-state index contributed by atoms with van der Waals surface area (Å²) in [6, 6.07) is 0. The largest absolute Gasteiger partial charge is 0.693 e. The summed E-state index contributed by atoms with van der Waals surface area (Å²) < 4.78 is 0. The molecule has 0 atom stereocenters. The Morgan fingerprint density at radius 3 is 2.00 bits per heavy atom. The van der Waals surface area contributed by atoms with E-state index < -0.39 is 6.39 Å². The molecule has 0 unspecified atom stereocenters. The van der Waals surface area contributed by atoms with Gasteiger partial charge in [-0.2, -0.15) is 0 Å². The molecule has 5 heavy (non-hydrogen) atoms. The normalized spacial score (nSPS) is 6.80. The first-order valence-corrected chi connectivity index (χ1v) is 1.33. The van der Waals surface area contributed by atoms with Gasteiger partial charge in [-0.3, -0.25) is 6.39 Å². The molecule has 0 aliphatic carbocycles. The first-order chi connectivity index (χ1) is 2.27. The van der Waals surface area contributed by atoms with Crippen LogP contribution in [0.4, 0.5) is 0 Å². The van der Waals surface area contributed by atoms with Crippen molar-refractivity contribution in [2.24, 2.45) is 0 Å². The molecule has 0 N–H and O–H groups in total. The van der Waals surface area contributed by atoms with Crippen LogP contribution in [0.2, 0.25) is 0 Å². The predicted molar refractivity (Wildman–Crippen MR) is 28.8 cm³/mol. The molecule has 0 aromatic carbocycles. The summed E-state index contributed by atoms with van der Waals surface area (Å²) in [6.07, 6.45) is -0.463. The van der Waals surface area contributed by atoms with Crippen molar-refractivity contribution in [3.8, 4) is 0 Å². The number of hydrogen-bond acceptors (Lipinski definition) is 0. The molecule has 0 rings (SSSR count). The fraction of sp³-hybridized carbons (Fsp3) is 0. The molecule has 0 aliphatic heterocycles. The van der Waals surface area contributed by atoms with Crippen LogP contribution in [0.15, 0.2) is 0 Å². The van der Waals surface area contributed by atoms with Crippen molar-refractivity contribution in [2.45, 2.75) is 0 Å². The predicted octanol–water partition coefficient (Wildman–Crippen LogP) is -1.90. The Balaban J connectivity index is 2.54. The zero-order valence-electron chi connectivity index (χ0n) is 2.89. The molecule has 0 saturated carbocycles. The van der Waals surface area contributed by atoms with E-state index in [4.69, 9.17) is 23.2 Å². The third-order valence-corrected chi connectivity index (χ3v) is 0.222. The fourth-order valence-electron chi connectivity index (χ4n) is 0. The summed E-state index contributed by atoms with van der Waals surface area (Å²) in [7, 11) is 15.8. The standard InChI is InChI=1S/B5/c1-4-5(2)3/q-2. The van der Waals surface area contributed by atoms with Crippen LogP contribution in [0, 0.1) is 0 Å². The van der Waals surface area contributed by atoms with Crippen molar-refractivity contribution in [1.82, 2.24) is 0 Å². The summed E-state index contributed by atoms with van der Waals surface area (Å²) in [5, 5.41) is 0. The van der Waals surface area contributed by atoms with Crippen LogP contribution in [0.3, 0.4) is 0 Å². The summed E-state index contributed by atoms with van der Waals surface area (Å²) in [5.74, 6) is 0. The van der Waals surface area contributed by atoms with Crippen LogP contribution >= 0.6 is 0 Å². The van der Waals surface area contributed by atoms with Crippen LogP contribution in [0.1, 0.15) is 0 Å². The van der Waals surface area contributed by atoms with Gasteiger partial charge in [0.15, 0.2) is 0 Å². The zero-order chi connectivity index (χ0) is 4.28. The Kier molecular flexibility index (Phi) is 2.72. The van der Waals surface area contributed by atoms with Crippen molar-refractivity contribution < 1.29 is 0 Å². The summed E-state index contributed by atoms with van der Waals surface area (Å²) in [6.45, 7) is 0. The highest BCUT2D eigenvalue weighted by molar-refractivity contribution is 7.60. The SMILES string of the molecule is [B]B([B-])[B][B-]. The molecule has 0 saturated heterocycles. The van der Waals surface area contributed by atoms with Gasteiger partial charge in [-0.15, -0.1) is 0 Å². The van der Waals surface area contributed by atoms with Crippen LogP contribution < -0.4 is 0 Å². The van der Waals surface area contributed by atoms with Gasteiger partial charge >= 0.3 is 0 Å². The van der Waals surface area contributed by atoms with Gasteiger partial charge in [-0.25, -0.2) is 0 Å². The smallest absolute Gasteiger partial charge is 0.0461 e. The van der Waals surface area contributed by atoms with Crippen molar-refractivity contribution in [3.05, 3.63) is 0 Å². The van der Waals surface area contributed by atoms with Crippen molar-refractivity contribution in [2.75, 3.05) is 0 Å². The van der Waals surface area contributed by atoms with E-state index in [0.717, 1.165) is 0 Å². The Labute approximate surface area is 37.6 Å². The van der Waals surface area contributed by atoms with E-state index >= 15 is 0 Å². The van der Waals surface area contributed by atoms with Gasteiger partial charge in [-0.1, -0.05) is 0 Å². The topological polar surface area (TPSA) is 0 Å². The molecular formula is B5-2. The van der Waals surface area contributed by atoms with Gasteiger partial charge in [0.1, 0.15) is 0 Å². The molecule has 5 heteroatoms. The Hall–Kier alpha value is 0.325. The Morgan fingerprint density at radius 1 is 1.80 bits per heavy atom. The van der Waals surface area contributed by atoms with Gasteiger partial charge in [0.05, 0.1) is 0 Å². The minimum Gasteiger partial charge on any atom is -0.693 e. The first-order valence-electron chi connectivity index (χ1n) is 1.33. The Bertz CT molecular complexity index is 14.0. The molecular weight excluding hydrogens is 54.1 g/mol. The van der Waals surface area contributed by atoms with E-state index in [2.05, 4.69) is 0 Å². The van der Waals surface area contributed by atoms with Crippen LogP contribution in [0.25, 0.3) is 0 Å². The second-order valence-electron chi connectivity index (χ2n) is 0.770. The van der Waals surface area contributed by atoms with Crippen LogP contribution in [-0.2, 0) is 0 Å². The van der Waals surface area contributed by atoms with Crippen molar-refractivity contribution in [1.29, 1.82) is 0 Å². The third kappa shape index (κ3) is 4.32. The van der Waals surface area contributed by atoms with Gasteiger partial charge in [0.2, 0.25) is 0 Å². The average molecular weight is 54.1 g/mol. The lowest BCUT2D eigenvalue weighted by atomic mass is 8.97. The molecule has 0 aliphatic rings. The highest BCUT2D eigenvalue weighted by Gasteiger charge is 1.54. The van der Waals surface area contributed by atoms with E-state index in [1.807, 2.05) is 0 Å². The monoisotopic (exact) mass is 55.0 g/mol. The van der Waals surface area contributed by atoms with Gasteiger partial charge in [-0.05, 0) is 7.74 Å². The lowest BCUT2D eigenvalue weighted by Crippen LogP contribution is -2.23. The maximum atomic E-state index is 4.89. The van der Waals surface area contributed by atoms with Crippen molar-refractivity contribution >= 4 is 36.7 Å². The maximum absolute atomic E-state index is 4.89. The lowest BCUT2D eigenvalue weighted by Gasteiger charge is -2.20. The molecule has 0 bridgehead atoms. The first kappa shape index (κ1) is 5.32. The van der Waals surface area contributed by atoms with E-state index in [9.17, 15) is 0 Å². The lowest BCUT2D eigenvalue weighted by molar-refractivity contribution is 3.91. The van der Waals surface area contributed by atoms with Gasteiger partial charge in [0, 0.05) is 0 Å². The van der Waals surface area contributed by atoms with Crippen LogP contribution in [-0.4, -0.2) is 36.7 Å². The van der Waals surface area contributed by atoms with Crippen LogP contribution in [0.5, 0.6) is 0 Å². The van der Waals surface area contributed by atoms with E-state index in [1.165, 1.54) is 7.06 Å². The number of rotatable bonds is 1. The average Bonchev–Trinajstić information content (AvgIpc) is 1.38. The molecule has 0 spiro atoms. The molecule has 9 radical (unpaired) electrons. The minimum atomic E-state index is -0.463. The fourth-order valence-corrected chi connectivity index (χ4v) is 0. The molecule has 0 fully saturated rings. The quantitative estimate of drug-likeness (QED) is 0.307. The molecule has 0 amide bonds. The molecule has 0 heterocycles. The summed E-state index contributed by atoms with van der Waals surface area (Å²) in [5.41, 5.74) is 0.